The van der Waals surface area contributed by atoms with Gasteiger partial charge in [0, 0.05) is 33.9 Å². The Kier molecular flexibility index (Phi) is 7.27. The zero-order valence-corrected chi connectivity index (χ0v) is 13.1. The average Bonchev–Trinajstić information content (AvgIpc) is 2.41. The summed E-state index contributed by atoms with van der Waals surface area (Å²) >= 11 is 5.84. The van der Waals surface area contributed by atoms with Crippen LogP contribution in [0.1, 0.15) is 12.1 Å². The van der Waals surface area contributed by atoms with E-state index in [0.29, 0.717) is 32.7 Å². The molecule has 0 saturated heterocycles. The van der Waals surface area contributed by atoms with Gasteiger partial charge < -0.3 is 14.4 Å². The van der Waals surface area contributed by atoms with Gasteiger partial charge in [-0.3, -0.25) is 10.1 Å². The third-order valence-electron chi connectivity index (χ3n) is 2.84. The third kappa shape index (κ3) is 5.07. The number of hydrogen-bond acceptors (Lipinski definition) is 7. The molecular formula is C12H19ClN4O4. The highest BCUT2D eigenvalue weighted by Gasteiger charge is 2.25. The van der Waals surface area contributed by atoms with Gasteiger partial charge in [-0.1, -0.05) is 0 Å². The van der Waals surface area contributed by atoms with Crippen LogP contribution >= 0.6 is 11.6 Å². The largest absolute Gasteiger partial charge is 0.385 e. The van der Waals surface area contributed by atoms with Gasteiger partial charge in [0.15, 0.2) is 0 Å². The van der Waals surface area contributed by atoms with Crippen LogP contribution in [0.15, 0.2) is 0 Å². The Hall–Kier alpha value is -1.51. The molecule has 0 spiro atoms. The molecule has 0 unspecified atom stereocenters. The molecule has 0 amide bonds. The average molecular weight is 319 g/mol. The highest BCUT2D eigenvalue weighted by atomic mass is 35.5. The summed E-state index contributed by atoms with van der Waals surface area (Å²) in [5, 5.41) is 11.3. The van der Waals surface area contributed by atoms with Crippen molar-refractivity contribution in [2.45, 2.75) is 13.3 Å². The van der Waals surface area contributed by atoms with Crippen LogP contribution in [0.4, 0.5) is 11.5 Å². The molecule has 8 nitrogen and oxygen atoms in total. The number of aryl methyl sites for hydroxylation is 1. The molecule has 1 aromatic rings. The number of rotatable bonds is 9. The van der Waals surface area contributed by atoms with E-state index in [-0.39, 0.29) is 22.5 Å². The molecule has 9 heteroatoms. The van der Waals surface area contributed by atoms with Crippen LogP contribution in [-0.2, 0) is 9.47 Å². The molecule has 0 bridgehead atoms. The maximum atomic E-state index is 11.3. The Morgan fingerprint density at radius 2 is 1.90 bits per heavy atom. The quantitative estimate of drug-likeness (QED) is 0.297. The van der Waals surface area contributed by atoms with Crippen molar-refractivity contribution in [3.8, 4) is 0 Å². The van der Waals surface area contributed by atoms with Crippen LogP contribution in [-0.4, -0.2) is 55.4 Å². The van der Waals surface area contributed by atoms with Crippen molar-refractivity contribution in [1.29, 1.82) is 0 Å². The van der Waals surface area contributed by atoms with Gasteiger partial charge in [0.1, 0.15) is 5.69 Å². The molecule has 0 fully saturated rings. The summed E-state index contributed by atoms with van der Waals surface area (Å²) < 4.78 is 10.0. The van der Waals surface area contributed by atoms with Gasteiger partial charge in [0.2, 0.25) is 11.1 Å². The van der Waals surface area contributed by atoms with E-state index in [4.69, 9.17) is 21.1 Å². The highest BCUT2D eigenvalue weighted by Crippen LogP contribution is 2.29. The minimum atomic E-state index is -0.489. The van der Waals surface area contributed by atoms with Gasteiger partial charge in [-0.15, -0.1) is 0 Å². The molecule has 1 rings (SSSR count). The molecule has 0 atom stereocenters. The number of nitro groups is 1. The molecular weight excluding hydrogens is 300 g/mol. The van der Waals surface area contributed by atoms with Gasteiger partial charge in [0.25, 0.3) is 0 Å². The summed E-state index contributed by atoms with van der Waals surface area (Å²) in [6, 6.07) is 0. The SMILES string of the molecule is COCCCN(CCOC)c1nc(Cl)nc(C)c1[N+](=O)[O-]. The van der Waals surface area contributed by atoms with Crippen LogP contribution in [0.25, 0.3) is 0 Å². The van der Waals surface area contributed by atoms with Crippen molar-refractivity contribution < 1.29 is 14.4 Å². The van der Waals surface area contributed by atoms with E-state index in [2.05, 4.69) is 9.97 Å². The Morgan fingerprint density at radius 1 is 1.24 bits per heavy atom. The lowest BCUT2D eigenvalue weighted by Crippen LogP contribution is -2.31. The molecule has 118 valence electrons. The van der Waals surface area contributed by atoms with Gasteiger partial charge in [-0.25, -0.2) is 4.98 Å². The Balaban J connectivity index is 3.11. The zero-order chi connectivity index (χ0) is 15.8. The summed E-state index contributed by atoms with van der Waals surface area (Å²) in [5.74, 6) is 0.214. The molecule has 0 aliphatic carbocycles. The van der Waals surface area contributed by atoms with Gasteiger partial charge in [-0.05, 0) is 24.9 Å². The van der Waals surface area contributed by atoms with E-state index in [1.54, 1.807) is 26.0 Å². The Labute approximate surface area is 128 Å². The maximum Gasteiger partial charge on any atom is 0.332 e. The second kappa shape index (κ2) is 8.71. The van der Waals surface area contributed by atoms with Gasteiger partial charge in [0.05, 0.1) is 11.5 Å². The first-order chi connectivity index (χ1) is 10.0. The fourth-order valence-electron chi connectivity index (χ4n) is 1.88. The Bertz CT molecular complexity index is 487. The first kappa shape index (κ1) is 17.5. The minimum Gasteiger partial charge on any atom is -0.385 e. The number of hydrogen-bond donors (Lipinski definition) is 0. The number of ether oxygens (including phenoxy) is 2. The van der Waals surface area contributed by atoms with Crippen molar-refractivity contribution in [1.82, 2.24) is 9.97 Å². The topological polar surface area (TPSA) is 90.6 Å². The predicted molar refractivity (Wildman–Crippen MR) is 79.0 cm³/mol. The number of halogens is 1. The van der Waals surface area contributed by atoms with Gasteiger partial charge in [-0.2, -0.15) is 4.98 Å². The second-order valence-corrected chi connectivity index (χ2v) is 4.67. The standard InChI is InChI=1S/C12H19ClN4O4/c1-9-10(17(18)19)11(15-12(13)14-9)16(6-8-21-3)5-4-7-20-2/h4-8H2,1-3H3. The van der Waals surface area contributed by atoms with E-state index in [0.717, 1.165) is 0 Å². The smallest absolute Gasteiger partial charge is 0.332 e. The minimum absolute atomic E-state index is 0.0118. The van der Waals surface area contributed by atoms with Crippen molar-refractivity contribution in [3.63, 3.8) is 0 Å². The molecule has 1 aromatic heterocycles. The van der Waals surface area contributed by atoms with Crippen molar-refractivity contribution in [3.05, 3.63) is 21.1 Å². The number of nitrogens with zero attached hydrogens (tertiary/aromatic N) is 4. The number of methoxy groups -OCH3 is 2. The second-order valence-electron chi connectivity index (χ2n) is 4.33. The summed E-state index contributed by atoms with van der Waals surface area (Å²) in [4.78, 5) is 20.4. The molecule has 21 heavy (non-hydrogen) atoms. The lowest BCUT2D eigenvalue weighted by atomic mass is 10.3. The molecule has 0 N–H and O–H groups in total. The van der Waals surface area contributed by atoms with Gasteiger partial charge >= 0.3 is 5.69 Å². The first-order valence-corrected chi connectivity index (χ1v) is 6.80. The number of anilines is 1. The lowest BCUT2D eigenvalue weighted by Gasteiger charge is -2.23. The Morgan fingerprint density at radius 3 is 2.48 bits per heavy atom. The molecule has 0 aliphatic heterocycles. The van der Waals surface area contributed by atoms with E-state index >= 15 is 0 Å². The highest BCUT2D eigenvalue weighted by molar-refractivity contribution is 6.28. The van der Waals surface area contributed by atoms with Crippen LogP contribution < -0.4 is 4.90 Å². The summed E-state index contributed by atoms with van der Waals surface area (Å²) in [7, 11) is 3.17. The first-order valence-electron chi connectivity index (χ1n) is 6.42. The van der Waals surface area contributed by atoms with Crippen molar-refractivity contribution >= 4 is 23.1 Å². The van der Waals surface area contributed by atoms with Crippen molar-refractivity contribution in [2.24, 2.45) is 0 Å². The normalized spacial score (nSPS) is 10.7. The summed E-state index contributed by atoms with van der Waals surface area (Å²) in [6.07, 6.45) is 0.706. The molecule has 0 radical (unpaired) electrons. The van der Waals surface area contributed by atoms with Crippen LogP contribution in [0.3, 0.4) is 0 Å². The molecule has 0 saturated carbocycles. The van der Waals surface area contributed by atoms with E-state index in [1.165, 1.54) is 0 Å². The van der Waals surface area contributed by atoms with E-state index in [1.807, 2.05) is 0 Å². The van der Waals surface area contributed by atoms with Crippen LogP contribution in [0.5, 0.6) is 0 Å². The maximum absolute atomic E-state index is 11.3. The molecule has 0 aromatic carbocycles. The van der Waals surface area contributed by atoms with Crippen molar-refractivity contribution in [2.75, 3.05) is 45.4 Å². The van der Waals surface area contributed by atoms with E-state index in [9.17, 15) is 10.1 Å². The monoisotopic (exact) mass is 318 g/mol. The summed E-state index contributed by atoms with van der Waals surface area (Å²) in [5.41, 5.74) is 0.108. The molecule has 1 heterocycles. The van der Waals surface area contributed by atoms with Crippen LogP contribution in [0, 0.1) is 17.0 Å². The lowest BCUT2D eigenvalue weighted by molar-refractivity contribution is -0.385. The fraction of sp³-hybridized carbons (Fsp3) is 0.667. The molecule has 0 aliphatic rings. The number of aromatic nitrogens is 2. The fourth-order valence-corrected chi connectivity index (χ4v) is 2.08. The zero-order valence-electron chi connectivity index (χ0n) is 12.3. The summed E-state index contributed by atoms with van der Waals surface area (Å²) in [6.45, 7) is 3.53. The predicted octanol–water partition coefficient (Wildman–Crippen LogP) is 1.84. The van der Waals surface area contributed by atoms with E-state index < -0.39 is 4.92 Å². The third-order valence-corrected chi connectivity index (χ3v) is 3.01. The van der Waals surface area contributed by atoms with Crippen LogP contribution in [0.2, 0.25) is 5.28 Å².